The van der Waals surface area contributed by atoms with Gasteiger partial charge in [0.25, 0.3) is 0 Å². The third-order valence-corrected chi connectivity index (χ3v) is 5.16. The lowest BCUT2D eigenvalue weighted by Crippen LogP contribution is -2.46. The SMILES string of the molecule is COCc1noc(CN2CCN(c3ccc4cc(Br)c(F)cc4n3)CC2)n1. The maximum absolute atomic E-state index is 13.8. The second kappa shape index (κ2) is 7.87. The molecule has 0 saturated carbocycles. The highest BCUT2D eigenvalue weighted by atomic mass is 79.9. The average Bonchev–Trinajstić information content (AvgIpc) is 3.10. The highest BCUT2D eigenvalue weighted by Gasteiger charge is 2.20. The molecule has 0 radical (unpaired) electrons. The van der Waals surface area contributed by atoms with Gasteiger partial charge in [-0.1, -0.05) is 5.16 Å². The van der Waals surface area contributed by atoms with Crippen molar-refractivity contribution in [1.82, 2.24) is 20.0 Å². The van der Waals surface area contributed by atoms with Crippen molar-refractivity contribution in [2.24, 2.45) is 0 Å². The van der Waals surface area contributed by atoms with Gasteiger partial charge < -0.3 is 14.2 Å². The first kappa shape index (κ1) is 18.3. The Labute approximate surface area is 164 Å². The Kier molecular flexibility index (Phi) is 5.33. The molecule has 1 fully saturated rings. The van der Waals surface area contributed by atoms with Crippen LogP contribution in [-0.4, -0.2) is 53.3 Å². The van der Waals surface area contributed by atoms with Crippen molar-refractivity contribution in [3.63, 3.8) is 0 Å². The van der Waals surface area contributed by atoms with E-state index in [-0.39, 0.29) is 5.82 Å². The first-order chi connectivity index (χ1) is 13.1. The Morgan fingerprint density at radius 2 is 2.00 bits per heavy atom. The van der Waals surface area contributed by atoms with Crippen LogP contribution in [0.3, 0.4) is 0 Å². The fraction of sp³-hybridized carbons (Fsp3) is 0.389. The Morgan fingerprint density at radius 3 is 2.78 bits per heavy atom. The summed E-state index contributed by atoms with van der Waals surface area (Å²) >= 11 is 3.21. The number of halogens is 2. The molecule has 27 heavy (non-hydrogen) atoms. The molecular weight excluding hydrogens is 417 g/mol. The number of fused-ring (bicyclic) bond motifs is 1. The van der Waals surface area contributed by atoms with Gasteiger partial charge in [0, 0.05) is 44.7 Å². The summed E-state index contributed by atoms with van der Waals surface area (Å²) in [5.74, 6) is 1.72. The summed E-state index contributed by atoms with van der Waals surface area (Å²) in [4.78, 5) is 13.4. The van der Waals surface area contributed by atoms with Gasteiger partial charge in [0.05, 0.1) is 16.5 Å². The molecule has 0 N–H and O–H groups in total. The number of aromatic nitrogens is 3. The first-order valence-electron chi connectivity index (χ1n) is 8.66. The van der Waals surface area contributed by atoms with Crippen molar-refractivity contribution >= 4 is 32.7 Å². The maximum atomic E-state index is 13.8. The van der Waals surface area contributed by atoms with Gasteiger partial charge in [-0.25, -0.2) is 9.37 Å². The third kappa shape index (κ3) is 4.10. The number of nitrogens with zero attached hydrogens (tertiary/aromatic N) is 5. The lowest BCUT2D eigenvalue weighted by atomic mass is 10.2. The number of hydrogen-bond acceptors (Lipinski definition) is 7. The van der Waals surface area contributed by atoms with Gasteiger partial charge in [-0.15, -0.1) is 0 Å². The molecule has 2 aromatic heterocycles. The van der Waals surface area contributed by atoms with E-state index in [1.54, 1.807) is 13.2 Å². The van der Waals surface area contributed by atoms with Gasteiger partial charge in [0.2, 0.25) is 5.89 Å². The Balaban J connectivity index is 1.39. The number of pyridine rings is 1. The molecule has 0 amide bonds. The lowest BCUT2D eigenvalue weighted by molar-refractivity contribution is 0.174. The normalized spacial score (nSPS) is 15.6. The van der Waals surface area contributed by atoms with Crippen molar-refractivity contribution < 1.29 is 13.7 Å². The van der Waals surface area contributed by atoms with E-state index in [1.165, 1.54) is 6.07 Å². The quantitative estimate of drug-likeness (QED) is 0.609. The second-order valence-corrected chi connectivity index (χ2v) is 7.28. The summed E-state index contributed by atoms with van der Waals surface area (Å²) in [7, 11) is 1.60. The lowest BCUT2D eigenvalue weighted by Gasteiger charge is -2.34. The molecular formula is C18H19BrFN5O2. The fourth-order valence-corrected chi connectivity index (χ4v) is 3.51. The highest BCUT2D eigenvalue weighted by Crippen LogP contribution is 2.25. The van der Waals surface area contributed by atoms with Gasteiger partial charge in [0.1, 0.15) is 18.2 Å². The molecule has 7 nitrogen and oxygen atoms in total. The topological polar surface area (TPSA) is 67.5 Å². The summed E-state index contributed by atoms with van der Waals surface area (Å²) in [5.41, 5.74) is 0.659. The number of hydrogen-bond donors (Lipinski definition) is 0. The summed E-state index contributed by atoms with van der Waals surface area (Å²) in [6.07, 6.45) is 0. The Hall–Kier alpha value is -2.10. The van der Waals surface area contributed by atoms with Gasteiger partial charge in [-0.05, 0) is 34.1 Å². The molecule has 142 valence electrons. The van der Waals surface area contributed by atoms with Crippen molar-refractivity contribution in [2.45, 2.75) is 13.2 Å². The number of benzene rings is 1. The molecule has 1 saturated heterocycles. The average molecular weight is 436 g/mol. The molecule has 9 heteroatoms. The van der Waals surface area contributed by atoms with Crippen molar-refractivity contribution in [3.8, 4) is 0 Å². The van der Waals surface area contributed by atoms with Gasteiger partial charge >= 0.3 is 0 Å². The zero-order valence-corrected chi connectivity index (χ0v) is 16.4. The molecule has 1 aliphatic rings. The summed E-state index contributed by atoms with van der Waals surface area (Å²) in [5, 5.41) is 4.80. The minimum atomic E-state index is -0.302. The molecule has 0 spiro atoms. The molecule has 0 unspecified atom stereocenters. The van der Waals surface area contributed by atoms with Crippen LogP contribution in [0.1, 0.15) is 11.7 Å². The van der Waals surface area contributed by atoms with E-state index >= 15 is 0 Å². The van der Waals surface area contributed by atoms with E-state index in [2.05, 4.69) is 40.9 Å². The van der Waals surface area contributed by atoms with E-state index in [1.807, 2.05) is 12.1 Å². The molecule has 0 bridgehead atoms. The van der Waals surface area contributed by atoms with Crippen LogP contribution in [-0.2, 0) is 17.9 Å². The van der Waals surface area contributed by atoms with E-state index in [0.29, 0.717) is 34.9 Å². The monoisotopic (exact) mass is 435 g/mol. The van der Waals surface area contributed by atoms with Crippen LogP contribution >= 0.6 is 15.9 Å². The van der Waals surface area contributed by atoms with Gasteiger partial charge in [0.15, 0.2) is 5.82 Å². The number of methoxy groups -OCH3 is 1. The second-order valence-electron chi connectivity index (χ2n) is 6.43. The minimum absolute atomic E-state index is 0.302. The van der Waals surface area contributed by atoms with Crippen LogP contribution in [0, 0.1) is 5.82 Å². The molecule has 0 atom stereocenters. The zero-order chi connectivity index (χ0) is 18.8. The van der Waals surface area contributed by atoms with Gasteiger partial charge in [-0.2, -0.15) is 4.98 Å². The van der Waals surface area contributed by atoms with Gasteiger partial charge in [-0.3, -0.25) is 4.90 Å². The first-order valence-corrected chi connectivity index (χ1v) is 9.45. The Morgan fingerprint density at radius 1 is 1.19 bits per heavy atom. The van der Waals surface area contributed by atoms with Crippen LogP contribution in [0.5, 0.6) is 0 Å². The fourth-order valence-electron chi connectivity index (χ4n) is 3.15. The summed E-state index contributed by atoms with van der Waals surface area (Å²) in [6, 6.07) is 7.18. The van der Waals surface area contributed by atoms with Crippen molar-refractivity contribution in [1.29, 1.82) is 0 Å². The van der Waals surface area contributed by atoms with E-state index in [4.69, 9.17) is 9.26 Å². The molecule has 1 aliphatic heterocycles. The largest absolute Gasteiger partial charge is 0.377 e. The van der Waals surface area contributed by atoms with Crippen molar-refractivity contribution in [2.75, 3.05) is 38.2 Å². The summed E-state index contributed by atoms with van der Waals surface area (Å²) in [6.45, 7) is 4.34. The standard InChI is InChI=1S/C18H19BrFN5O2/c1-26-11-16-22-18(27-23-16)10-24-4-6-25(7-5-24)17-3-2-12-8-13(19)14(20)9-15(12)21-17/h2-3,8-9H,4-7,10-11H2,1H3. The predicted octanol–water partition coefficient (Wildman–Crippen LogP) is 2.99. The molecule has 3 aromatic rings. The number of ether oxygens (including phenoxy) is 1. The van der Waals surface area contributed by atoms with E-state index in [9.17, 15) is 4.39 Å². The van der Waals surface area contributed by atoms with Crippen molar-refractivity contribution in [3.05, 3.63) is 46.3 Å². The third-order valence-electron chi connectivity index (χ3n) is 4.56. The molecule has 4 rings (SSSR count). The summed E-state index contributed by atoms with van der Waals surface area (Å²) < 4.78 is 24.5. The molecule has 0 aliphatic carbocycles. The predicted molar refractivity (Wildman–Crippen MR) is 102 cm³/mol. The van der Waals surface area contributed by atoms with Crippen LogP contribution in [0.15, 0.2) is 33.3 Å². The zero-order valence-electron chi connectivity index (χ0n) is 14.9. The van der Waals surface area contributed by atoms with Crippen LogP contribution in [0.2, 0.25) is 0 Å². The smallest absolute Gasteiger partial charge is 0.240 e. The Bertz CT molecular complexity index is 943. The van der Waals surface area contributed by atoms with E-state index < -0.39 is 0 Å². The maximum Gasteiger partial charge on any atom is 0.240 e. The van der Waals surface area contributed by atoms with Crippen LogP contribution < -0.4 is 4.90 Å². The minimum Gasteiger partial charge on any atom is -0.377 e. The highest BCUT2D eigenvalue weighted by molar-refractivity contribution is 9.10. The van der Waals surface area contributed by atoms with Crippen LogP contribution in [0.25, 0.3) is 10.9 Å². The van der Waals surface area contributed by atoms with E-state index in [0.717, 1.165) is 37.4 Å². The number of anilines is 1. The number of rotatable bonds is 5. The molecule has 1 aromatic carbocycles. The molecule has 3 heterocycles. The van der Waals surface area contributed by atoms with Crippen LogP contribution in [0.4, 0.5) is 10.2 Å². The number of piperazine rings is 1.